The molecular weight excluding hydrogens is 1730 g/mol. The molecule has 131 heavy (non-hydrogen) atoms. The summed E-state index contributed by atoms with van der Waals surface area (Å²) in [5.74, 6) is -28.0. The molecule has 0 aliphatic rings. The molecule has 0 atom stereocenters. The highest BCUT2D eigenvalue weighted by Gasteiger charge is 2.24. The van der Waals surface area contributed by atoms with E-state index in [0.717, 1.165) is 151 Å². The summed E-state index contributed by atoms with van der Waals surface area (Å²) in [6.45, 7) is 10.3. The van der Waals surface area contributed by atoms with Crippen molar-refractivity contribution < 1.29 is 96.6 Å². The molecule has 16 aromatic rings. The Morgan fingerprint density at radius 1 is 0.137 bits per heavy atom. The van der Waals surface area contributed by atoms with Crippen molar-refractivity contribution in [3.05, 3.63) is 441 Å². The molecule has 0 aliphatic heterocycles. The van der Waals surface area contributed by atoms with Crippen molar-refractivity contribution >= 4 is 0 Å². The van der Waals surface area contributed by atoms with Crippen LogP contribution in [0.2, 0.25) is 0 Å². The van der Waals surface area contributed by atoms with Crippen LogP contribution in [0.3, 0.4) is 0 Å². The minimum Gasteiger partial charge on any atom is -0.206 e. The molecule has 16 aromatic carbocycles. The highest BCUT2D eigenvalue weighted by Crippen LogP contribution is 2.39. The number of benzene rings is 16. The van der Waals surface area contributed by atoms with Crippen molar-refractivity contribution in [1.82, 2.24) is 0 Å². The summed E-state index contributed by atoms with van der Waals surface area (Å²) in [7, 11) is 0. The van der Waals surface area contributed by atoms with Crippen LogP contribution in [0, 0.1) is 128 Å². The lowest BCUT2D eigenvalue weighted by atomic mass is 9.97. The van der Waals surface area contributed by atoms with Gasteiger partial charge < -0.3 is 0 Å². The first-order valence-corrected chi connectivity index (χ1v) is 41.4. The van der Waals surface area contributed by atoms with Crippen LogP contribution in [-0.2, 0) is 32.1 Å². The van der Waals surface area contributed by atoms with E-state index in [1.807, 2.05) is 111 Å². The van der Waals surface area contributed by atoms with Crippen LogP contribution >= 0.6 is 0 Å². The van der Waals surface area contributed by atoms with Gasteiger partial charge in [0.2, 0.25) is 0 Å². The largest absolute Gasteiger partial charge is 0.206 e. The van der Waals surface area contributed by atoms with Crippen LogP contribution in [0.1, 0.15) is 81.7 Å². The second-order valence-corrected chi connectivity index (χ2v) is 30.5. The number of halogens is 22. The van der Waals surface area contributed by atoms with Crippen molar-refractivity contribution in [1.29, 1.82) is 0 Å². The first-order chi connectivity index (χ1) is 62.7. The zero-order chi connectivity index (χ0) is 94.2. The Bertz CT molecular complexity index is 6590. The summed E-state index contributed by atoms with van der Waals surface area (Å²) in [4.78, 5) is 0. The molecule has 0 saturated heterocycles. The minimum atomic E-state index is -1.68. The topological polar surface area (TPSA) is 0 Å². The Morgan fingerprint density at radius 2 is 0.290 bits per heavy atom. The standard InChI is InChI=1S/C27H20F4.C21H15F5.C21H16F4.C20H13F5.C20H14F4/c1-2-3-17-4-6-18(7-5-17)19-8-10-20(11-9-19)21-12-13-23(24(28)14-21)22-15-25(29)27(31)26(30)16-22;1-2-3-12-4-6-13(7-5-12)14-8-16(22)20(17(23)9-14)15-10-18(24)21(26)19(25)11-15;1-2-3-13-4-6-14(7-5-13)15-8-9-17(18(22)10-15)16-11-19(23)21(25)20(24)12-16;1-2-11-3-5-12(6-4-11)13-7-15(21)19(16(22)8-13)14-9-17(23)20(25)18(24)10-14;1-2-12-3-5-13(6-4-12)14-7-8-16(17(21)9-14)15-10-18(22)20(24)19(23)11-15/h4-16H,2-3H2,1H3;4-11H,2-3H2,1H3;4-12H,2-3H2,1H3;3-10H,2H2,1H3;3-11H,2H2,1H3. The molecule has 0 aromatic heterocycles. The van der Waals surface area contributed by atoms with Crippen molar-refractivity contribution in [3.8, 4) is 122 Å². The van der Waals surface area contributed by atoms with E-state index in [2.05, 4.69) is 45.0 Å². The van der Waals surface area contributed by atoms with E-state index in [-0.39, 0.29) is 33.4 Å². The highest BCUT2D eigenvalue weighted by atomic mass is 19.2. The lowest BCUT2D eigenvalue weighted by Gasteiger charge is -2.10. The Balaban J connectivity index is 0.000000148. The molecular formula is C109H78F22. The van der Waals surface area contributed by atoms with Gasteiger partial charge in [0.15, 0.2) is 87.3 Å². The molecule has 0 radical (unpaired) electrons. The van der Waals surface area contributed by atoms with Crippen molar-refractivity contribution in [2.75, 3.05) is 0 Å². The summed E-state index contributed by atoms with van der Waals surface area (Å²) in [6.07, 6.45) is 7.83. The third kappa shape index (κ3) is 23.4. The maximum atomic E-state index is 14.7. The minimum absolute atomic E-state index is 0.00494. The molecule has 0 unspecified atom stereocenters. The van der Waals surface area contributed by atoms with E-state index in [9.17, 15) is 96.6 Å². The lowest BCUT2D eigenvalue weighted by molar-refractivity contribution is 0.447. The summed E-state index contributed by atoms with van der Waals surface area (Å²) in [5.41, 5.74) is 12.2. The van der Waals surface area contributed by atoms with Gasteiger partial charge in [-0.2, -0.15) is 0 Å². The first-order valence-electron chi connectivity index (χ1n) is 41.4. The summed E-state index contributed by atoms with van der Waals surface area (Å²) in [6, 6.07) is 70.8. The van der Waals surface area contributed by atoms with Crippen LogP contribution in [-0.4, -0.2) is 0 Å². The average molecular weight is 1810 g/mol. The Morgan fingerprint density at radius 3 is 0.481 bits per heavy atom. The predicted octanol–water partition coefficient (Wildman–Crippen LogP) is 33.8. The third-order valence-corrected chi connectivity index (χ3v) is 21.5. The Hall–Kier alpha value is -14.0. The average Bonchev–Trinajstić information content (AvgIpc) is 0.749. The van der Waals surface area contributed by atoms with Gasteiger partial charge in [0.25, 0.3) is 0 Å². The summed E-state index contributed by atoms with van der Waals surface area (Å²) < 4.78 is 301. The van der Waals surface area contributed by atoms with Crippen LogP contribution < -0.4 is 0 Å². The Labute approximate surface area is 742 Å². The molecule has 16 rings (SSSR count). The SMILES string of the molecule is CCCc1ccc(-c2cc(F)c(-c3cc(F)c(F)c(F)c3)c(F)c2)cc1.CCCc1ccc(-c2ccc(-c3cc(F)c(F)c(F)c3)c(F)c2)cc1.CCCc1ccc(-c2ccc(-c3ccc(-c4cc(F)c(F)c(F)c4)c(F)c3)cc2)cc1.CCc1ccc(-c2cc(F)c(-c3cc(F)c(F)c(F)c3)c(F)c2)cc1.CCc1ccc(-c2ccc(-c3cc(F)c(F)c(F)c3)c(F)c2)cc1. The molecule has 0 bridgehead atoms. The van der Waals surface area contributed by atoms with Gasteiger partial charge in [0, 0.05) is 16.7 Å². The number of aryl methyl sites for hydroxylation is 5. The maximum absolute atomic E-state index is 14.7. The van der Waals surface area contributed by atoms with E-state index in [1.54, 1.807) is 42.5 Å². The third-order valence-electron chi connectivity index (χ3n) is 21.5. The van der Waals surface area contributed by atoms with Crippen LogP contribution in [0.15, 0.2) is 285 Å². The zero-order valence-electron chi connectivity index (χ0n) is 70.6. The second kappa shape index (κ2) is 43.4. The van der Waals surface area contributed by atoms with Gasteiger partial charge in [-0.25, -0.2) is 96.6 Å². The molecule has 0 saturated carbocycles. The number of hydrogen-bond acceptors (Lipinski definition) is 0. The van der Waals surface area contributed by atoms with Crippen molar-refractivity contribution in [2.24, 2.45) is 0 Å². The van der Waals surface area contributed by atoms with Gasteiger partial charge in [-0.05, 0) is 258 Å². The van der Waals surface area contributed by atoms with E-state index < -0.39 is 150 Å². The molecule has 668 valence electrons. The number of hydrogen-bond donors (Lipinski definition) is 0. The quantitative estimate of drug-likeness (QED) is 0.0559. The molecule has 0 fully saturated rings. The van der Waals surface area contributed by atoms with Gasteiger partial charge in [-0.3, -0.25) is 0 Å². The van der Waals surface area contributed by atoms with E-state index in [1.165, 1.54) is 53.1 Å². The van der Waals surface area contributed by atoms with Gasteiger partial charge in [-0.15, -0.1) is 0 Å². The maximum Gasteiger partial charge on any atom is 0.194 e. The molecule has 0 amide bonds. The van der Waals surface area contributed by atoms with Crippen molar-refractivity contribution in [2.45, 2.75) is 86.0 Å². The second-order valence-electron chi connectivity index (χ2n) is 30.5. The van der Waals surface area contributed by atoms with E-state index in [0.29, 0.717) is 63.2 Å². The number of rotatable bonds is 19. The molecule has 0 heterocycles. The zero-order valence-corrected chi connectivity index (χ0v) is 70.6. The monoisotopic (exact) mass is 1800 g/mol. The highest BCUT2D eigenvalue weighted by molar-refractivity contribution is 5.78. The first kappa shape index (κ1) is 96.1. The molecule has 0 spiro atoms. The molecule has 0 N–H and O–H groups in total. The van der Waals surface area contributed by atoms with Crippen LogP contribution in [0.4, 0.5) is 96.6 Å². The molecule has 0 aliphatic carbocycles. The molecule has 22 heteroatoms. The van der Waals surface area contributed by atoms with Gasteiger partial charge in [0.05, 0.1) is 11.1 Å². The summed E-state index contributed by atoms with van der Waals surface area (Å²) >= 11 is 0. The van der Waals surface area contributed by atoms with E-state index >= 15 is 0 Å². The van der Waals surface area contributed by atoms with Gasteiger partial charge in [-0.1, -0.05) is 236 Å². The molecule has 0 nitrogen and oxygen atoms in total. The van der Waals surface area contributed by atoms with Crippen LogP contribution in [0.25, 0.3) is 122 Å². The van der Waals surface area contributed by atoms with Gasteiger partial charge >= 0.3 is 0 Å². The fraction of sp³-hybridized carbons (Fsp3) is 0.119. The normalized spacial score (nSPS) is 11.0. The Kier molecular flexibility index (Phi) is 31.8. The fourth-order valence-electron chi connectivity index (χ4n) is 14.5. The van der Waals surface area contributed by atoms with E-state index in [4.69, 9.17) is 0 Å². The smallest absolute Gasteiger partial charge is 0.194 e. The van der Waals surface area contributed by atoms with Crippen LogP contribution in [0.5, 0.6) is 0 Å². The van der Waals surface area contributed by atoms with Gasteiger partial charge in [0.1, 0.15) is 40.7 Å². The fourth-order valence-corrected chi connectivity index (χ4v) is 14.5. The predicted molar refractivity (Wildman–Crippen MR) is 472 cm³/mol. The lowest BCUT2D eigenvalue weighted by Crippen LogP contribution is -1.97. The van der Waals surface area contributed by atoms with Crippen molar-refractivity contribution in [3.63, 3.8) is 0 Å². The summed E-state index contributed by atoms with van der Waals surface area (Å²) in [5, 5.41) is 0.